The summed E-state index contributed by atoms with van der Waals surface area (Å²) in [7, 11) is 0. The third-order valence-electron chi connectivity index (χ3n) is 3.15. The second-order valence-electron chi connectivity index (χ2n) is 5.14. The minimum Gasteiger partial charge on any atom is -0.352 e. The van der Waals surface area contributed by atoms with Crippen LogP contribution in [-0.2, 0) is 6.54 Å². The number of anilines is 1. The first-order valence-electron chi connectivity index (χ1n) is 6.49. The fraction of sp³-hybridized carbons (Fsp3) is 0.692. The van der Waals surface area contributed by atoms with Crippen molar-refractivity contribution in [3.05, 3.63) is 18.1 Å². The lowest BCUT2D eigenvalue weighted by Gasteiger charge is -2.25. The van der Waals surface area contributed by atoms with Crippen LogP contribution in [-0.4, -0.2) is 22.6 Å². The average Bonchev–Trinajstić information content (AvgIpc) is 3.14. The van der Waals surface area contributed by atoms with Crippen LogP contribution in [0.2, 0.25) is 0 Å². The summed E-state index contributed by atoms with van der Waals surface area (Å²) in [6, 6.07) is 0.663. The molecule has 1 saturated carbocycles. The van der Waals surface area contributed by atoms with Gasteiger partial charge in [0, 0.05) is 31.5 Å². The van der Waals surface area contributed by atoms with Gasteiger partial charge in [-0.25, -0.2) is 4.98 Å². The number of nitrogens with zero attached hydrogens (tertiary/aromatic N) is 3. The van der Waals surface area contributed by atoms with Crippen LogP contribution in [0.3, 0.4) is 0 Å². The van der Waals surface area contributed by atoms with Crippen molar-refractivity contribution in [2.75, 3.05) is 11.4 Å². The number of hydrogen-bond acceptors (Lipinski definition) is 4. The van der Waals surface area contributed by atoms with Crippen LogP contribution in [0.25, 0.3) is 0 Å². The normalized spacial score (nSPS) is 15.3. The molecule has 2 rings (SSSR count). The summed E-state index contributed by atoms with van der Waals surface area (Å²) in [6.45, 7) is 6.04. The van der Waals surface area contributed by atoms with Gasteiger partial charge >= 0.3 is 0 Å². The molecule has 0 bridgehead atoms. The van der Waals surface area contributed by atoms with Gasteiger partial charge in [-0.15, -0.1) is 0 Å². The van der Waals surface area contributed by atoms with Crippen LogP contribution in [0.5, 0.6) is 0 Å². The standard InChI is InChI=1S/C13H22N4/c1-10(2)5-8-17(11-3-4-11)13-12(9-14)15-6-7-16-13/h6-7,10-11H,3-5,8-9,14H2,1-2H3. The second-order valence-corrected chi connectivity index (χ2v) is 5.14. The molecule has 4 heteroatoms. The molecule has 0 aromatic carbocycles. The van der Waals surface area contributed by atoms with E-state index in [0.29, 0.717) is 18.5 Å². The maximum Gasteiger partial charge on any atom is 0.151 e. The predicted octanol–water partition coefficient (Wildman–Crippen LogP) is 1.95. The van der Waals surface area contributed by atoms with Crippen LogP contribution < -0.4 is 10.6 Å². The maximum atomic E-state index is 5.74. The molecule has 0 saturated heterocycles. The van der Waals surface area contributed by atoms with Crippen LogP contribution in [0.4, 0.5) is 5.82 Å². The molecular formula is C13H22N4. The molecule has 94 valence electrons. The van der Waals surface area contributed by atoms with E-state index in [1.54, 1.807) is 12.4 Å². The predicted molar refractivity (Wildman–Crippen MR) is 69.7 cm³/mol. The zero-order valence-electron chi connectivity index (χ0n) is 10.8. The highest BCUT2D eigenvalue weighted by Crippen LogP contribution is 2.32. The lowest BCUT2D eigenvalue weighted by atomic mass is 10.1. The van der Waals surface area contributed by atoms with E-state index >= 15 is 0 Å². The van der Waals surface area contributed by atoms with Gasteiger partial charge in [0.2, 0.25) is 0 Å². The summed E-state index contributed by atoms with van der Waals surface area (Å²) in [5, 5.41) is 0. The quantitative estimate of drug-likeness (QED) is 0.817. The zero-order valence-corrected chi connectivity index (χ0v) is 10.8. The van der Waals surface area contributed by atoms with E-state index in [2.05, 4.69) is 28.7 Å². The minimum absolute atomic E-state index is 0.466. The topological polar surface area (TPSA) is 55.0 Å². The van der Waals surface area contributed by atoms with Crippen LogP contribution >= 0.6 is 0 Å². The number of hydrogen-bond donors (Lipinski definition) is 1. The van der Waals surface area contributed by atoms with Gasteiger partial charge in [0.05, 0.1) is 5.69 Å². The van der Waals surface area contributed by atoms with Gasteiger partial charge in [0.1, 0.15) is 0 Å². The maximum absolute atomic E-state index is 5.74. The van der Waals surface area contributed by atoms with Crippen molar-refractivity contribution in [3.8, 4) is 0 Å². The summed E-state index contributed by atoms with van der Waals surface area (Å²) in [5.41, 5.74) is 6.66. The number of nitrogens with two attached hydrogens (primary N) is 1. The van der Waals surface area contributed by atoms with Crippen molar-refractivity contribution < 1.29 is 0 Å². The molecule has 17 heavy (non-hydrogen) atoms. The Bertz CT molecular complexity index is 360. The van der Waals surface area contributed by atoms with E-state index in [1.165, 1.54) is 19.3 Å². The minimum atomic E-state index is 0.466. The van der Waals surface area contributed by atoms with E-state index < -0.39 is 0 Å². The van der Waals surface area contributed by atoms with E-state index in [4.69, 9.17) is 5.73 Å². The van der Waals surface area contributed by atoms with Gasteiger partial charge in [-0.1, -0.05) is 13.8 Å². The van der Waals surface area contributed by atoms with Crippen molar-refractivity contribution >= 4 is 5.82 Å². The molecule has 0 aliphatic heterocycles. The van der Waals surface area contributed by atoms with Gasteiger partial charge in [-0.2, -0.15) is 0 Å². The Morgan fingerprint density at radius 2 is 2.06 bits per heavy atom. The van der Waals surface area contributed by atoms with Gasteiger partial charge in [-0.05, 0) is 25.2 Å². The number of aromatic nitrogens is 2. The molecule has 0 radical (unpaired) electrons. The molecule has 2 N–H and O–H groups in total. The second kappa shape index (κ2) is 5.45. The van der Waals surface area contributed by atoms with Crippen LogP contribution in [0.15, 0.2) is 12.4 Å². The Labute approximate surface area is 103 Å². The largest absolute Gasteiger partial charge is 0.352 e. The van der Waals surface area contributed by atoms with E-state index in [0.717, 1.165) is 18.1 Å². The van der Waals surface area contributed by atoms with E-state index in [9.17, 15) is 0 Å². The lowest BCUT2D eigenvalue weighted by molar-refractivity contribution is 0.567. The summed E-state index contributed by atoms with van der Waals surface area (Å²) in [4.78, 5) is 11.2. The molecule has 1 fully saturated rings. The fourth-order valence-electron chi connectivity index (χ4n) is 1.99. The summed E-state index contributed by atoms with van der Waals surface area (Å²) in [6.07, 6.45) is 7.23. The average molecular weight is 234 g/mol. The van der Waals surface area contributed by atoms with Crippen molar-refractivity contribution in [2.24, 2.45) is 11.7 Å². The van der Waals surface area contributed by atoms with Crippen LogP contribution in [0.1, 0.15) is 38.8 Å². The van der Waals surface area contributed by atoms with E-state index in [-0.39, 0.29) is 0 Å². The first-order valence-corrected chi connectivity index (χ1v) is 6.49. The first kappa shape index (κ1) is 12.3. The molecule has 0 spiro atoms. The molecule has 0 atom stereocenters. The van der Waals surface area contributed by atoms with Gasteiger partial charge < -0.3 is 10.6 Å². The lowest BCUT2D eigenvalue weighted by Crippen LogP contribution is -2.30. The first-order chi connectivity index (χ1) is 8.22. The Hall–Kier alpha value is -1.16. The fourth-order valence-corrected chi connectivity index (χ4v) is 1.99. The Morgan fingerprint density at radius 3 is 2.65 bits per heavy atom. The highest BCUT2D eigenvalue weighted by Gasteiger charge is 2.31. The van der Waals surface area contributed by atoms with Gasteiger partial charge in [-0.3, -0.25) is 4.98 Å². The summed E-state index contributed by atoms with van der Waals surface area (Å²) >= 11 is 0. The van der Waals surface area contributed by atoms with Crippen molar-refractivity contribution in [1.29, 1.82) is 0 Å². The van der Waals surface area contributed by atoms with Crippen molar-refractivity contribution in [3.63, 3.8) is 0 Å². The Kier molecular flexibility index (Phi) is 3.94. The summed E-state index contributed by atoms with van der Waals surface area (Å²) < 4.78 is 0. The Morgan fingerprint density at radius 1 is 1.35 bits per heavy atom. The number of rotatable bonds is 6. The molecule has 1 aromatic rings. The van der Waals surface area contributed by atoms with Gasteiger partial charge in [0.15, 0.2) is 5.82 Å². The molecule has 1 aromatic heterocycles. The zero-order chi connectivity index (χ0) is 12.3. The smallest absolute Gasteiger partial charge is 0.151 e. The molecule has 0 amide bonds. The van der Waals surface area contributed by atoms with E-state index in [1.807, 2.05) is 0 Å². The highest BCUT2D eigenvalue weighted by atomic mass is 15.2. The third kappa shape index (κ3) is 3.16. The van der Waals surface area contributed by atoms with Crippen molar-refractivity contribution in [2.45, 2.75) is 45.7 Å². The highest BCUT2D eigenvalue weighted by molar-refractivity contribution is 5.45. The molecule has 4 nitrogen and oxygen atoms in total. The molecule has 1 heterocycles. The van der Waals surface area contributed by atoms with Crippen LogP contribution in [0, 0.1) is 5.92 Å². The molecular weight excluding hydrogens is 212 g/mol. The molecule has 1 aliphatic carbocycles. The molecule has 0 unspecified atom stereocenters. The van der Waals surface area contributed by atoms with Crippen molar-refractivity contribution in [1.82, 2.24) is 9.97 Å². The third-order valence-corrected chi connectivity index (χ3v) is 3.15. The summed E-state index contributed by atoms with van der Waals surface area (Å²) in [5.74, 6) is 1.72. The SMILES string of the molecule is CC(C)CCN(c1nccnc1CN)C1CC1. The Balaban J connectivity index is 2.14. The van der Waals surface area contributed by atoms with Gasteiger partial charge in [0.25, 0.3) is 0 Å². The molecule has 1 aliphatic rings. The monoisotopic (exact) mass is 234 g/mol.